The minimum Gasteiger partial charge on any atom is -0.334 e. The Hall–Kier alpha value is -3.15. The minimum absolute atomic E-state index is 0.00633. The van der Waals surface area contributed by atoms with E-state index in [9.17, 15) is 14.4 Å². The summed E-state index contributed by atoms with van der Waals surface area (Å²) in [6, 6.07) is 15.7. The molecule has 0 bridgehead atoms. The molecule has 2 aromatic carbocycles. The summed E-state index contributed by atoms with van der Waals surface area (Å²) in [6.45, 7) is 0.613. The maximum Gasteiger partial charge on any atom is 0.331 e. The van der Waals surface area contributed by atoms with Crippen molar-refractivity contribution in [2.75, 3.05) is 6.54 Å². The van der Waals surface area contributed by atoms with Crippen molar-refractivity contribution in [1.82, 2.24) is 14.0 Å². The number of likely N-dealkylation sites (tertiary alicyclic amines) is 1. The predicted octanol–water partition coefficient (Wildman–Crippen LogP) is 2.06. The van der Waals surface area contributed by atoms with Crippen LogP contribution in [-0.4, -0.2) is 26.5 Å². The third kappa shape index (κ3) is 3.07. The molecular weight excluding hydrogens is 342 g/mol. The molecule has 1 aliphatic rings. The number of hydrogen-bond acceptors (Lipinski definition) is 3. The second-order valence-corrected chi connectivity index (χ2v) is 6.94. The molecule has 27 heavy (non-hydrogen) atoms. The molecule has 0 spiro atoms. The number of carbonyl (C=O) groups excluding carboxylic acids is 1. The lowest BCUT2D eigenvalue weighted by atomic mass is 9.97. The zero-order valence-corrected chi connectivity index (χ0v) is 15.2. The Morgan fingerprint density at radius 1 is 1.07 bits per heavy atom. The summed E-state index contributed by atoms with van der Waals surface area (Å²) in [5.41, 5.74) is 0.294. The van der Waals surface area contributed by atoms with Gasteiger partial charge in [-0.25, -0.2) is 4.79 Å². The van der Waals surface area contributed by atoms with Crippen molar-refractivity contribution < 1.29 is 4.79 Å². The van der Waals surface area contributed by atoms with Crippen LogP contribution in [0.1, 0.15) is 24.4 Å². The van der Waals surface area contributed by atoms with Gasteiger partial charge in [0.05, 0.1) is 6.04 Å². The first kappa shape index (κ1) is 17.3. The van der Waals surface area contributed by atoms with Gasteiger partial charge >= 0.3 is 5.69 Å². The lowest BCUT2D eigenvalue weighted by molar-refractivity contribution is -0.132. The molecule has 0 aliphatic carbocycles. The summed E-state index contributed by atoms with van der Waals surface area (Å²) in [5.74, 6) is -0.105. The van der Waals surface area contributed by atoms with Gasteiger partial charge in [-0.15, -0.1) is 0 Å². The maximum atomic E-state index is 13.0. The molecule has 3 aromatic rings. The number of carbonyl (C=O) groups is 1. The number of amides is 1. The molecule has 1 aromatic heterocycles. The Morgan fingerprint density at radius 2 is 1.85 bits per heavy atom. The first-order valence-corrected chi connectivity index (χ1v) is 9.10. The van der Waals surface area contributed by atoms with Crippen LogP contribution in [0.4, 0.5) is 0 Å². The number of rotatable bonds is 3. The Kier molecular flexibility index (Phi) is 4.39. The van der Waals surface area contributed by atoms with Gasteiger partial charge in [-0.2, -0.15) is 0 Å². The van der Waals surface area contributed by atoms with E-state index in [1.807, 2.05) is 23.1 Å². The molecule has 1 aliphatic heterocycles. The van der Waals surface area contributed by atoms with Crippen molar-refractivity contribution in [1.29, 1.82) is 0 Å². The minimum atomic E-state index is -0.475. The summed E-state index contributed by atoms with van der Waals surface area (Å²) < 4.78 is 2.31. The third-order valence-electron chi connectivity index (χ3n) is 5.32. The van der Waals surface area contributed by atoms with Crippen LogP contribution >= 0.6 is 0 Å². The van der Waals surface area contributed by atoms with Crippen LogP contribution in [0.5, 0.6) is 0 Å². The molecule has 0 saturated carbocycles. The van der Waals surface area contributed by atoms with Gasteiger partial charge in [0, 0.05) is 25.9 Å². The van der Waals surface area contributed by atoms with Crippen LogP contribution in [-0.2, 0) is 18.4 Å². The van der Waals surface area contributed by atoms with Gasteiger partial charge < -0.3 is 4.90 Å². The SMILES string of the molecule is Cn1c(=O)ccn(CC(=O)N2CCCC2c2cccc3ccccc23)c1=O. The van der Waals surface area contributed by atoms with Gasteiger partial charge in [-0.05, 0) is 29.2 Å². The quantitative estimate of drug-likeness (QED) is 0.716. The predicted molar refractivity (Wildman–Crippen MR) is 104 cm³/mol. The van der Waals surface area contributed by atoms with Crippen LogP contribution in [0.15, 0.2) is 64.3 Å². The smallest absolute Gasteiger partial charge is 0.331 e. The Labute approximate surface area is 156 Å². The molecule has 138 valence electrons. The van der Waals surface area contributed by atoms with Crippen LogP contribution < -0.4 is 11.2 Å². The Balaban J connectivity index is 1.65. The molecule has 6 nitrogen and oxygen atoms in total. The second kappa shape index (κ2) is 6.87. The molecule has 1 saturated heterocycles. The van der Waals surface area contributed by atoms with Crippen LogP contribution in [0, 0.1) is 0 Å². The lowest BCUT2D eigenvalue weighted by Gasteiger charge is -2.26. The first-order valence-electron chi connectivity index (χ1n) is 9.10. The van der Waals surface area contributed by atoms with Gasteiger partial charge in [0.15, 0.2) is 0 Å². The van der Waals surface area contributed by atoms with Gasteiger partial charge in [0.2, 0.25) is 5.91 Å². The van der Waals surface area contributed by atoms with Crippen molar-refractivity contribution in [3.63, 3.8) is 0 Å². The van der Waals surface area contributed by atoms with E-state index in [0.29, 0.717) is 6.54 Å². The standard InChI is InChI=1S/C21H21N3O3/c1-22-19(25)11-13-23(21(22)27)14-20(26)24-12-5-10-18(24)17-9-4-7-15-6-2-3-8-16(15)17/h2-4,6-9,11,13,18H,5,10,12,14H2,1H3. The molecule has 0 radical (unpaired) electrons. The number of hydrogen-bond donors (Lipinski definition) is 0. The van der Waals surface area contributed by atoms with Crippen LogP contribution in [0.25, 0.3) is 10.8 Å². The van der Waals surface area contributed by atoms with Crippen molar-refractivity contribution in [2.45, 2.75) is 25.4 Å². The highest BCUT2D eigenvalue weighted by Crippen LogP contribution is 2.35. The monoisotopic (exact) mass is 363 g/mol. The first-order chi connectivity index (χ1) is 13.1. The zero-order chi connectivity index (χ0) is 19.0. The topological polar surface area (TPSA) is 64.3 Å². The molecule has 4 rings (SSSR count). The molecule has 1 unspecified atom stereocenters. The van der Waals surface area contributed by atoms with Crippen molar-refractivity contribution in [3.8, 4) is 0 Å². The van der Waals surface area contributed by atoms with Crippen LogP contribution in [0.3, 0.4) is 0 Å². The summed E-state index contributed by atoms with van der Waals surface area (Å²) in [7, 11) is 1.42. The van der Waals surface area contributed by atoms with Gasteiger partial charge in [0.25, 0.3) is 5.56 Å². The highest BCUT2D eigenvalue weighted by molar-refractivity contribution is 5.87. The van der Waals surface area contributed by atoms with E-state index in [1.54, 1.807) is 0 Å². The number of aromatic nitrogens is 2. The molecule has 1 atom stereocenters. The van der Waals surface area contributed by atoms with Crippen molar-refractivity contribution in [2.24, 2.45) is 7.05 Å². The van der Waals surface area contributed by atoms with E-state index in [0.717, 1.165) is 33.7 Å². The van der Waals surface area contributed by atoms with E-state index >= 15 is 0 Å². The van der Waals surface area contributed by atoms with Crippen LogP contribution in [0.2, 0.25) is 0 Å². The molecule has 1 fully saturated rings. The van der Waals surface area contributed by atoms with E-state index in [2.05, 4.69) is 24.3 Å². The average Bonchev–Trinajstić information content (AvgIpc) is 3.17. The summed E-state index contributed by atoms with van der Waals surface area (Å²) in [5, 5.41) is 2.31. The maximum absolute atomic E-state index is 13.0. The molecule has 2 heterocycles. The van der Waals surface area contributed by atoms with Crippen molar-refractivity contribution in [3.05, 3.63) is 81.1 Å². The van der Waals surface area contributed by atoms with E-state index in [1.165, 1.54) is 23.9 Å². The summed E-state index contributed by atoms with van der Waals surface area (Å²) >= 11 is 0. The fourth-order valence-electron chi connectivity index (χ4n) is 3.90. The fourth-order valence-corrected chi connectivity index (χ4v) is 3.90. The number of benzene rings is 2. The largest absolute Gasteiger partial charge is 0.334 e. The molecular formula is C21H21N3O3. The Bertz CT molecular complexity index is 1120. The number of fused-ring (bicyclic) bond motifs is 1. The van der Waals surface area contributed by atoms with E-state index in [4.69, 9.17) is 0 Å². The lowest BCUT2D eigenvalue weighted by Crippen LogP contribution is -2.41. The third-order valence-corrected chi connectivity index (χ3v) is 5.32. The fraction of sp³-hybridized carbons (Fsp3) is 0.286. The second-order valence-electron chi connectivity index (χ2n) is 6.94. The average molecular weight is 363 g/mol. The van der Waals surface area contributed by atoms with Gasteiger partial charge in [-0.1, -0.05) is 42.5 Å². The number of nitrogens with zero attached hydrogens (tertiary/aromatic N) is 3. The normalized spacial score (nSPS) is 16.8. The molecule has 0 N–H and O–H groups in total. The van der Waals surface area contributed by atoms with Crippen molar-refractivity contribution >= 4 is 16.7 Å². The summed E-state index contributed by atoms with van der Waals surface area (Å²) in [4.78, 5) is 38.6. The van der Waals surface area contributed by atoms with Gasteiger partial charge in [0.1, 0.15) is 6.54 Å². The zero-order valence-electron chi connectivity index (χ0n) is 15.2. The summed E-state index contributed by atoms with van der Waals surface area (Å²) in [6.07, 6.45) is 3.23. The van der Waals surface area contributed by atoms with E-state index < -0.39 is 5.69 Å². The highest BCUT2D eigenvalue weighted by Gasteiger charge is 2.31. The van der Waals surface area contributed by atoms with Gasteiger partial charge in [-0.3, -0.25) is 18.7 Å². The van der Waals surface area contributed by atoms with E-state index in [-0.39, 0.29) is 24.1 Å². The Morgan fingerprint density at radius 3 is 2.70 bits per heavy atom. The molecule has 6 heteroatoms. The molecule has 1 amide bonds. The highest BCUT2D eigenvalue weighted by atomic mass is 16.2.